The van der Waals surface area contributed by atoms with Crippen LogP contribution in [0.15, 0.2) is 23.1 Å². The Balaban J connectivity index is 2.29. The fraction of sp³-hybridized carbons (Fsp3) is 0.417. The average molecular weight is 321 g/mol. The van der Waals surface area contributed by atoms with E-state index in [2.05, 4.69) is 0 Å². The van der Waals surface area contributed by atoms with Gasteiger partial charge in [-0.25, -0.2) is 12.8 Å². The number of carbonyl (C=O) groups excluding carboxylic acids is 1. The van der Waals surface area contributed by atoms with Gasteiger partial charge in [0.25, 0.3) is 0 Å². The van der Waals surface area contributed by atoms with Crippen molar-refractivity contribution < 1.29 is 17.6 Å². The van der Waals surface area contributed by atoms with Gasteiger partial charge in [-0.15, -0.1) is 0 Å². The summed E-state index contributed by atoms with van der Waals surface area (Å²) in [6.45, 7) is 0.355. The molecule has 8 heteroatoms. The van der Waals surface area contributed by atoms with E-state index in [0.29, 0.717) is 19.4 Å². The third-order valence-corrected chi connectivity index (χ3v) is 5.47. The molecule has 1 fully saturated rings. The topological polar surface area (TPSA) is 80.5 Å². The third kappa shape index (κ3) is 2.94. The maximum absolute atomic E-state index is 13.1. The zero-order valence-electron chi connectivity index (χ0n) is 10.6. The first-order valence-electron chi connectivity index (χ1n) is 6.07. The van der Waals surface area contributed by atoms with E-state index in [9.17, 15) is 17.6 Å². The van der Waals surface area contributed by atoms with Crippen LogP contribution >= 0.6 is 11.6 Å². The number of carbonyl (C=O) groups is 1. The molecule has 0 aliphatic carbocycles. The van der Waals surface area contributed by atoms with Crippen LogP contribution in [0, 0.1) is 11.7 Å². The Morgan fingerprint density at radius 1 is 1.45 bits per heavy atom. The lowest BCUT2D eigenvalue weighted by Gasteiger charge is -2.30. The fourth-order valence-corrected chi connectivity index (χ4v) is 3.98. The van der Waals surface area contributed by atoms with E-state index < -0.39 is 27.7 Å². The number of benzene rings is 1. The van der Waals surface area contributed by atoms with Crippen molar-refractivity contribution in [1.29, 1.82) is 0 Å². The highest BCUT2D eigenvalue weighted by atomic mass is 35.5. The van der Waals surface area contributed by atoms with E-state index in [1.54, 1.807) is 0 Å². The second kappa shape index (κ2) is 5.67. The van der Waals surface area contributed by atoms with E-state index in [0.717, 1.165) is 18.2 Å². The van der Waals surface area contributed by atoms with Crippen LogP contribution in [0.5, 0.6) is 0 Å². The molecule has 0 saturated carbocycles. The summed E-state index contributed by atoms with van der Waals surface area (Å²) in [5, 5.41) is -0.255. The first-order chi connectivity index (χ1) is 9.32. The smallest absolute Gasteiger partial charge is 0.243 e. The van der Waals surface area contributed by atoms with Gasteiger partial charge in [-0.05, 0) is 31.0 Å². The van der Waals surface area contributed by atoms with E-state index in [4.69, 9.17) is 17.3 Å². The van der Waals surface area contributed by atoms with E-state index in [1.165, 1.54) is 4.31 Å². The van der Waals surface area contributed by atoms with E-state index in [1.807, 2.05) is 0 Å². The van der Waals surface area contributed by atoms with E-state index in [-0.39, 0.29) is 16.5 Å². The van der Waals surface area contributed by atoms with Crippen LogP contribution in [-0.2, 0) is 14.8 Å². The van der Waals surface area contributed by atoms with Gasteiger partial charge in [-0.2, -0.15) is 4.31 Å². The summed E-state index contributed by atoms with van der Waals surface area (Å²) in [5.41, 5.74) is 5.22. The quantitative estimate of drug-likeness (QED) is 0.913. The monoisotopic (exact) mass is 320 g/mol. The Morgan fingerprint density at radius 3 is 2.75 bits per heavy atom. The lowest BCUT2D eigenvalue weighted by Crippen LogP contribution is -2.44. The molecule has 1 heterocycles. The normalized spacial score (nSPS) is 20.8. The summed E-state index contributed by atoms with van der Waals surface area (Å²) in [5.74, 6) is -1.68. The van der Waals surface area contributed by atoms with Crippen LogP contribution < -0.4 is 5.73 Å². The molecule has 0 aromatic heterocycles. The largest absolute Gasteiger partial charge is 0.369 e. The SMILES string of the molecule is NC(=O)[C@@H]1CCCN(S(=O)(=O)c2ccc(F)c(Cl)c2)C1. The Hall–Kier alpha value is -1.18. The van der Waals surface area contributed by atoms with Crippen LogP contribution in [0.2, 0.25) is 5.02 Å². The van der Waals surface area contributed by atoms with Crippen molar-refractivity contribution >= 4 is 27.5 Å². The predicted molar refractivity (Wildman–Crippen MR) is 72.1 cm³/mol. The number of nitrogens with two attached hydrogens (primary N) is 1. The number of rotatable bonds is 3. The Labute approximate surface area is 121 Å². The minimum atomic E-state index is -3.79. The van der Waals surface area contributed by atoms with Crippen LogP contribution in [0.1, 0.15) is 12.8 Å². The summed E-state index contributed by atoms with van der Waals surface area (Å²) in [6, 6.07) is 3.23. The van der Waals surface area contributed by atoms with Crippen molar-refractivity contribution in [2.24, 2.45) is 11.7 Å². The average Bonchev–Trinajstić information content (AvgIpc) is 2.42. The molecule has 0 unspecified atom stereocenters. The molecule has 1 aliphatic heterocycles. The summed E-state index contributed by atoms with van der Waals surface area (Å²) >= 11 is 5.61. The van der Waals surface area contributed by atoms with Gasteiger partial charge in [0.1, 0.15) is 5.82 Å². The first-order valence-corrected chi connectivity index (χ1v) is 7.88. The van der Waals surface area contributed by atoms with Crippen molar-refractivity contribution in [2.45, 2.75) is 17.7 Å². The molecule has 2 N–H and O–H groups in total. The van der Waals surface area contributed by atoms with Gasteiger partial charge in [-0.3, -0.25) is 4.79 Å². The molecule has 1 saturated heterocycles. The lowest BCUT2D eigenvalue weighted by atomic mass is 9.99. The Morgan fingerprint density at radius 2 is 2.15 bits per heavy atom. The fourth-order valence-electron chi connectivity index (χ4n) is 2.18. The third-order valence-electron chi connectivity index (χ3n) is 3.32. The van der Waals surface area contributed by atoms with Gasteiger partial charge in [0, 0.05) is 13.1 Å². The molecule has 1 aromatic rings. The molecular weight excluding hydrogens is 307 g/mol. The van der Waals surface area contributed by atoms with Gasteiger partial charge >= 0.3 is 0 Å². The van der Waals surface area contributed by atoms with Crippen LogP contribution in [0.4, 0.5) is 4.39 Å². The van der Waals surface area contributed by atoms with Crippen LogP contribution in [-0.4, -0.2) is 31.7 Å². The maximum Gasteiger partial charge on any atom is 0.243 e. The summed E-state index contributed by atoms with van der Waals surface area (Å²) in [6.07, 6.45) is 1.13. The standard InChI is InChI=1S/C12H14ClFN2O3S/c13-10-6-9(3-4-11(10)14)20(18,19)16-5-1-2-8(7-16)12(15)17/h3-4,6,8H,1-2,5,7H2,(H2,15,17)/t8-/m1/s1. The number of primary amides is 1. The number of piperidine rings is 1. The summed E-state index contributed by atoms with van der Waals surface area (Å²) in [4.78, 5) is 11.1. The number of hydrogen-bond acceptors (Lipinski definition) is 3. The number of halogens is 2. The van der Waals surface area contributed by atoms with Crippen molar-refractivity contribution in [3.05, 3.63) is 29.0 Å². The minimum absolute atomic E-state index is 0.0483. The van der Waals surface area contributed by atoms with Crippen molar-refractivity contribution in [3.63, 3.8) is 0 Å². The van der Waals surface area contributed by atoms with Crippen LogP contribution in [0.25, 0.3) is 0 Å². The molecule has 110 valence electrons. The van der Waals surface area contributed by atoms with Crippen molar-refractivity contribution in [1.82, 2.24) is 4.31 Å². The molecule has 0 spiro atoms. The molecule has 20 heavy (non-hydrogen) atoms. The number of amides is 1. The maximum atomic E-state index is 13.1. The number of hydrogen-bond donors (Lipinski definition) is 1. The molecule has 1 atom stereocenters. The second-order valence-electron chi connectivity index (χ2n) is 4.68. The summed E-state index contributed by atoms with van der Waals surface area (Å²) < 4.78 is 39.1. The molecule has 1 amide bonds. The molecular formula is C12H14ClFN2O3S. The van der Waals surface area contributed by atoms with Crippen molar-refractivity contribution in [3.8, 4) is 0 Å². The highest BCUT2D eigenvalue weighted by molar-refractivity contribution is 7.89. The van der Waals surface area contributed by atoms with Gasteiger partial charge in [0.15, 0.2) is 0 Å². The molecule has 0 bridgehead atoms. The zero-order chi connectivity index (χ0) is 14.9. The van der Waals surface area contributed by atoms with E-state index >= 15 is 0 Å². The molecule has 2 rings (SSSR count). The minimum Gasteiger partial charge on any atom is -0.369 e. The number of sulfonamides is 1. The van der Waals surface area contributed by atoms with Gasteiger partial charge in [-0.1, -0.05) is 11.6 Å². The number of nitrogens with zero attached hydrogens (tertiary/aromatic N) is 1. The van der Waals surface area contributed by atoms with Crippen LogP contribution in [0.3, 0.4) is 0 Å². The Bertz CT molecular complexity index is 636. The predicted octanol–water partition coefficient (Wildman–Crippen LogP) is 1.37. The second-order valence-corrected chi connectivity index (χ2v) is 7.03. The highest BCUT2D eigenvalue weighted by Gasteiger charge is 2.32. The first kappa shape index (κ1) is 15.2. The lowest BCUT2D eigenvalue weighted by molar-refractivity contribution is -0.122. The highest BCUT2D eigenvalue weighted by Crippen LogP contribution is 2.26. The zero-order valence-corrected chi connectivity index (χ0v) is 12.1. The summed E-state index contributed by atoms with van der Waals surface area (Å²) in [7, 11) is -3.79. The molecule has 0 radical (unpaired) electrons. The van der Waals surface area contributed by atoms with Crippen molar-refractivity contribution in [2.75, 3.05) is 13.1 Å². The Kier molecular flexibility index (Phi) is 4.31. The molecule has 1 aromatic carbocycles. The van der Waals surface area contributed by atoms with Gasteiger partial charge < -0.3 is 5.73 Å². The van der Waals surface area contributed by atoms with Gasteiger partial charge in [0.05, 0.1) is 15.8 Å². The molecule has 5 nitrogen and oxygen atoms in total. The molecule has 1 aliphatic rings. The van der Waals surface area contributed by atoms with Gasteiger partial charge in [0.2, 0.25) is 15.9 Å².